The average Bonchev–Trinajstić information content (AvgIpc) is 3.54. The molecule has 1 fully saturated rings. The van der Waals surface area contributed by atoms with Crippen LogP contribution in [0.5, 0.6) is 17.2 Å². The number of fused-ring (bicyclic) bond motifs is 1. The van der Waals surface area contributed by atoms with Gasteiger partial charge in [0.25, 0.3) is 0 Å². The summed E-state index contributed by atoms with van der Waals surface area (Å²) >= 11 is 0. The zero-order valence-corrected chi connectivity index (χ0v) is 23.0. The molecule has 2 aliphatic rings. The van der Waals surface area contributed by atoms with Gasteiger partial charge >= 0.3 is 5.97 Å². The first-order valence-electron chi connectivity index (χ1n) is 13.9. The standard InChI is InChI=1S/C30H39FN2O6/c1-4-6-7-8-14-32(13-5-2)27(34)18-33-17-22(20-9-12-25-26(16-20)39-19-38-25)28(30(35)36)29(33)21-10-11-24(37-3)23(31)15-21/h9-12,15-16,22,28-29H,4-8,13-14,17-19H2,1-3H3,(H,35,36)/t22-,28-,29+/m1/s1. The van der Waals surface area contributed by atoms with Crippen molar-refractivity contribution in [2.24, 2.45) is 5.92 Å². The Kier molecular flexibility index (Phi) is 9.67. The second-order valence-electron chi connectivity index (χ2n) is 10.3. The van der Waals surface area contributed by atoms with Gasteiger partial charge in [0.05, 0.1) is 19.6 Å². The Balaban J connectivity index is 1.66. The van der Waals surface area contributed by atoms with Crippen molar-refractivity contribution < 1.29 is 33.3 Å². The van der Waals surface area contributed by atoms with Crippen LogP contribution < -0.4 is 14.2 Å². The number of halogens is 1. The average molecular weight is 543 g/mol. The van der Waals surface area contributed by atoms with Crippen molar-refractivity contribution in [2.75, 3.05) is 40.1 Å². The normalized spacial score (nSPS) is 20.3. The number of carboxylic acids is 1. The molecule has 1 N–H and O–H groups in total. The Morgan fingerprint density at radius 1 is 1.03 bits per heavy atom. The molecule has 9 heteroatoms. The molecule has 2 aromatic rings. The third-order valence-corrected chi connectivity index (χ3v) is 7.69. The van der Waals surface area contributed by atoms with Crippen LogP contribution in [0.4, 0.5) is 4.39 Å². The van der Waals surface area contributed by atoms with Gasteiger partial charge in [0.2, 0.25) is 12.7 Å². The SMILES string of the molecule is CCCCCCN(CCC)C(=O)CN1C[C@H](c2ccc3c(c2)OCO3)[C@@H](C(=O)O)[C@@H]1c1ccc(OC)c(F)c1. The number of benzene rings is 2. The number of likely N-dealkylation sites (tertiary alicyclic amines) is 1. The minimum absolute atomic E-state index is 0.0391. The van der Waals surface area contributed by atoms with Crippen molar-refractivity contribution in [2.45, 2.75) is 57.9 Å². The summed E-state index contributed by atoms with van der Waals surface area (Å²) in [4.78, 5) is 30.1. The third-order valence-electron chi connectivity index (χ3n) is 7.69. The predicted octanol–water partition coefficient (Wildman–Crippen LogP) is 5.22. The number of ether oxygens (including phenoxy) is 3. The fourth-order valence-electron chi connectivity index (χ4n) is 5.77. The molecule has 0 unspecified atom stereocenters. The number of carboxylic acid groups (broad SMARTS) is 1. The highest BCUT2D eigenvalue weighted by Gasteiger charge is 2.48. The van der Waals surface area contributed by atoms with E-state index >= 15 is 0 Å². The number of rotatable bonds is 13. The smallest absolute Gasteiger partial charge is 0.309 e. The first-order valence-corrected chi connectivity index (χ1v) is 13.9. The van der Waals surface area contributed by atoms with E-state index in [0.29, 0.717) is 36.7 Å². The van der Waals surface area contributed by atoms with Gasteiger partial charge in [-0.25, -0.2) is 4.39 Å². The van der Waals surface area contributed by atoms with Gasteiger partial charge in [-0.15, -0.1) is 0 Å². The molecule has 2 aromatic carbocycles. The summed E-state index contributed by atoms with van der Waals surface area (Å²) in [5.41, 5.74) is 1.28. The first kappa shape index (κ1) is 28.7. The van der Waals surface area contributed by atoms with E-state index in [0.717, 1.165) is 37.7 Å². The molecule has 0 aromatic heterocycles. The van der Waals surface area contributed by atoms with Gasteiger partial charge in [0.15, 0.2) is 23.1 Å². The van der Waals surface area contributed by atoms with Gasteiger partial charge in [-0.1, -0.05) is 45.2 Å². The third kappa shape index (κ3) is 6.46. The molecule has 2 heterocycles. The maximum Gasteiger partial charge on any atom is 0.309 e. The Morgan fingerprint density at radius 2 is 1.79 bits per heavy atom. The number of methoxy groups -OCH3 is 1. The second-order valence-corrected chi connectivity index (χ2v) is 10.3. The maximum atomic E-state index is 14.8. The van der Waals surface area contributed by atoms with Crippen LogP contribution in [0.3, 0.4) is 0 Å². The highest BCUT2D eigenvalue weighted by molar-refractivity contribution is 5.79. The number of hydrogen-bond donors (Lipinski definition) is 1. The molecule has 0 bridgehead atoms. The van der Waals surface area contributed by atoms with Crippen molar-refractivity contribution in [3.63, 3.8) is 0 Å². The van der Waals surface area contributed by atoms with Crippen LogP contribution in [-0.4, -0.2) is 66.9 Å². The molecule has 212 valence electrons. The van der Waals surface area contributed by atoms with E-state index in [2.05, 4.69) is 6.92 Å². The number of hydrogen-bond acceptors (Lipinski definition) is 6. The molecule has 1 amide bonds. The monoisotopic (exact) mass is 542 g/mol. The van der Waals surface area contributed by atoms with Gasteiger partial charge in [-0.2, -0.15) is 0 Å². The highest BCUT2D eigenvalue weighted by Crippen LogP contribution is 2.48. The molecule has 4 rings (SSSR count). The molecule has 8 nitrogen and oxygen atoms in total. The summed E-state index contributed by atoms with van der Waals surface area (Å²) in [5, 5.41) is 10.5. The Labute approximate surface area is 229 Å². The van der Waals surface area contributed by atoms with Gasteiger partial charge in [0.1, 0.15) is 0 Å². The fourth-order valence-corrected chi connectivity index (χ4v) is 5.77. The number of carbonyl (C=O) groups is 2. The van der Waals surface area contributed by atoms with Crippen LogP contribution in [0.25, 0.3) is 0 Å². The molecule has 0 saturated carbocycles. The molecule has 0 radical (unpaired) electrons. The van der Waals surface area contributed by atoms with Crippen molar-refractivity contribution >= 4 is 11.9 Å². The fraction of sp³-hybridized carbons (Fsp3) is 0.533. The van der Waals surface area contributed by atoms with Crippen molar-refractivity contribution in [1.29, 1.82) is 0 Å². The Hall–Kier alpha value is -3.33. The van der Waals surface area contributed by atoms with Gasteiger partial charge in [0, 0.05) is 31.6 Å². The number of aliphatic carboxylic acids is 1. The lowest BCUT2D eigenvalue weighted by molar-refractivity contribution is -0.144. The Bertz CT molecular complexity index is 1160. The van der Waals surface area contributed by atoms with E-state index in [1.54, 1.807) is 12.1 Å². The van der Waals surface area contributed by atoms with E-state index in [9.17, 15) is 19.1 Å². The first-order chi connectivity index (χ1) is 18.9. The molecule has 0 aliphatic carbocycles. The zero-order chi connectivity index (χ0) is 27.9. The molecule has 0 spiro atoms. The number of unbranched alkanes of at least 4 members (excludes halogenated alkanes) is 3. The minimum Gasteiger partial charge on any atom is -0.494 e. The minimum atomic E-state index is -1.00. The maximum absolute atomic E-state index is 14.8. The molecule has 1 saturated heterocycles. The van der Waals surface area contributed by atoms with Gasteiger partial charge in [-0.3, -0.25) is 14.5 Å². The van der Waals surface area contributed by atoms with Gasteiger partial charge in [-0.05, 0) is 48.2 Å². The number of amides is 1. The van der Waals surface area contributed by atoms with Crippen molar-refractivity contribution in [3.05, 3.63) is 53.3 Å². The molecule has 3 atom stereocenters. The van der Waals surface area contributed by atoms with E-state index in [4.69, 9.17) is 14.2 Å². The molecular weight excluding hydrogens is 503 g/mol. The van der Waals surface area contributed by atoms with Crippen molar-refractivity contribution in [3.8, 4) is 17.2 Å². The van der Waals surface area contributed by atoms with E-state index in [1.165, 1.54) is 19.2 Å². The summed E-state index contributed by atoms with van der Waals surface area (Å²) in [6, 6.07) is 9.27. The van der Waals surface area contributed by atoms with Crippen LogP contribution in [-0.2, 0) is 9.59 Å². The summed E-state index contributed by atoms with van der Waals surface area (Å²) in [6.07, 6.45) is 5.08. The van der Waals surface area contributed by atoms with Crippen LogP contribution in [0.15, 0.2) is 36.4 Å². The molecule has 2 aliphatic heterocycles. The van der Waals surface area contributed by atoms with Crippen molar-refractivity contribution in [1.82, 2.24) is 9.80 Å². The number of carbonyl (C=O) groups excluding carboxylic acids is 1. The Morgan fingerprint density at radius 3 is 2.49 bits per heavy atom. The second kappa shape index (κ2) is 13.2. The number of nitrogens with zero attached hydrogens (tertiary/aromatic N) is 2. The summed E-state index contributed by atoms with van der Waals surface area (Å²) in [7, 11) is 1.39. The van der Waals surface area contributed by atoms with E-state index in [1.807, 2.05) is 28.9 Å². The molecular formula is C30H39FN2O6. The lowest BCUT2D eigenvalue weighted by Gasteiger charge is -2.30. The van der Waals surface area contributed by atoms with Crippen LogP contribution in [0.2, 0.25) is 0 Å². The summed E-state index contributed by atoms with van der Waals surface area (Å²) < 4.78 is 30.9. The summed E-state index contributed by atoms with van der Waals surface area (Å²) in [5.74, 6) is -1.69. The quantitative estimate of drug-likeness (QED) is 0.347. The lowest BCUT2D eigenvalue weighted by atomic mass is 9.82. The molecule has 39 heavy (non-hydrogen) atoms. The zero-order valence-electron chi connectivity index (χ0n) is 23.0. The van der Waals surface area contributed by atoms with Crippen LogP contribution in [0.1, 0.15) is 69.0 Å². The van der Waals surface area contributed by atoms with Gasteiger partial charge < -0.3 is 24.2 Å². The largest absolute Gasteiger partial charge is 0.494 e. The topological polar surface area (TPSA) is 88.5 Å². The van der Waals surface area contributed by atoms with Crippen LogP contribution in [0, 0.1) is 11.7 Å². The predicted molar refractivity (Wildman–Crippen MR) is 145 cm³/mol. The summed E-state index contributed by atoms with van der Waals surface area (Å²) in [6.45, 7) is 6.02. The van der Waals surface area contributed by atoms with E-state index in [-0.39, 0.29) is 25.0 Å². The highest BCUT2D eigenvalue weighted by atomic mass is 19.1. The van der Waals surface area contributed by atoms with E-state index < -0.39 is 29.7 Å². The lowest BCUT2D eigenvalue weighted by Crippen LogP contribution is -2.41. The van der Waals surface area contributed by atoms with Crippen LogP contribution >= 0.6 is 0 Å².